The van der Waals surface area contributed by atoms with Crippen molar-refractivity contribution in [3.8, 4) is 0 Å². The van der Waals surface area contributed by atoms with Crippen molar-refractivity contribution < 1.29 is 0 Å². The Kier molecular flexibility index (Phi) is 25.1. The van der Waals surface area contributed by atoms with Crippen molar-refractivity contribution in [3.05, 3.63) is 0 Å². The Morgan fingerprint density at radius 3 is 1.23 bits per heavy atom. The van der Waals surface area contributed by atoms with Crippen LogP contribution >= 0.6 is 25.8 Å². The van der Waals surface area contributed by atoms with Crippen LogP contribution in [0, 0.1) is 0 Å². The van der Waals surface area contributed by atoms with Crippen molar-refractivity contribution in [3.63, 3.8) is 0 Å². The normalized spacial score (nSPS) is 12.1. The highest BCUT2D eigenvalue weighted by atomic mass is 79.9. The van der Waals surface area contributed by atoms with Crippen molar-refractivity contribution in [1.82, 2.24) is 0 Å². The highest BCUT2D eigenvalue weighted by molar-refractivity contribution is 9.09. The molecule has 0 aromatic rings. The third-order valence-electron chi connectivity index (χ3n) is 4.49. The highest BCUT2D eigenvalue weighted by Crippen LogP contribution is 2.18. The molecular formula is C20H44BrP. The Labute approximate surface area is 153 Å². The molecule has 2 atom stereocenters. The van der Waals surface area contributed by atoms with Gasteiger partial charge in [-0.15, -0.1) is 0 Å². The van der Waals surface area contributed by atoms with E-state index < -0.39 is 0 Å². The predicted octanol–water partition coefficient (Wildman–Crippen LogP) is 8.48. The van der Waals surface area contributed by atoms with E-state index in [2.05, 4.69) is 29.8 Å². The average Bonchev–Trinajstić information content (AvgIpc) is 2.49. The molecule has 0 aromatic carbocycles. The fourth-order valence-electron chi connectivity index (χ4n) is 2.95. The fraction of sp³-hybridized carbons (Fsp3) is 1.00. The third-order valence-corrected chi connectivity index (χ3v) is 5.41. The number of hydrogen-bond donors (Lipinski definition) is 0. The average molecular weight is 395 g/mol. The van der Waals surface area contributed by atoms with Gasteiger partial charge in [-0.3, -0.25) is 0 Å². The molecule has 22 heavy (non-hydrogen) atoms. The predicted molar refractivity (Wildman–Crippen MR) is 114 cm³/mol. The molecule has 0 spiro atoms. The molecule has 0 aliphatic heterocycles. The monoisotopic (exact) mass is 394 g/mol. The third kappa shape index (κ3) is 20.9. The van der Waals surface area contributed by atoms with Gasteiger partial charge in [-0.1, -0.05) is 126 Å². The van der Waals surface area contributed by atoms with Gasteiger partial charge in [0.2, 0.25) is 0 Å². The van der Waals surface area contributed by atoms with Crippen LogP contribution in [0.3, 0.4) is 0 Å². The maximum absolute atomic E-state index is 3.81. The summed E-state index contributed by atoms with van der Waals surface area (Å²) in [5.74, 6) is 0. The summed E-state index contributed by atoms with van der Waals surface area (Å²) in [5, 5.41) is 0. The van der Waals surface area contributed by atoms with E-state index in [1.165, 1.54) is 109 Å². The summed E-state index contributed by atoms with van der Waals surface area (Å²) in [4.78, 5) is 0.783. The first-order chi connectivity index (χ1) is 10.3. The van der Waals surface area contributed by atoms with Crippen LogP contribution in [-0.2, 0) is 0 Å². The Balaban J connectivity index is 0. The molecule has 0 amide bonds. The van der Waals surface area contributed by atoms with Crippen LogP contribution in [0.5, 0.6) is 0 Å². The van der Waals surface area contributed by atoms with Crippen LogP contribution in [-0.4, -0.2) is 4.83 Å². The van der Waals surface area contributed by atoms with Crippen molar-refractivity contribution in [2.45, 2.75) is 128 Å². The van der Waals surface area contributed by atoms with Crippen LogP contribution < -0.4 is 0 Å². The molecule has 0 nitrogen and oxygen atoms in total. The summed E-state index contributed by atoms with van der Waals surface area (Å²) in [7, 11) is 0. The van der Waals surface area contributed by atoms with Crippen molar-refractivity contribution in [2.75, 3.05) is 0 Å². The van der Waals surface area contributed by atoms with Gasteiger partial charge >= 0.3 is 0 Å². The second-order valence-corrected chi connectivity index (χ2v) is 8.07. The largest absolute Gasteiger partial charge is 0.153 e. The van der Waals surface area contributed by atoms with Gasteiger partial charge in [0.25, 0.3) is 0 Å². The summed E-state index contributed by atoms with van der Waals surface area (Å²) in [5.41, 5.74) is 0. The molecule has 136 valence electrons. The molecule has 0 N–H and O–H groups in total. The molecule has 0 rings (SSSR count). The minimum atomic E-state index is 0. The lowest BCUT2D eigenvalue weighted by Crippen LogP contribution is -1.97. The SMILES string of the molecule is CCCCCCCCCCCCCCCC(Br)CCCC.P. The summed E-state index contributed by atoms with van der Waals surface area (Å²) in [6.07, 6.45) is 24.4. The molecular weight excluding hydrogens is 351 g/mol. The molecule has 0 saturated heterocycles. The number of rotatable bonds is 17. The number of halogens is 1. The van der Waals surface area contributed by atoms with Crippen molar-refractivity contribution in [2.24, 2.45) is 0 Å². The zero-order chi connectivity index (χ0) is 15.6. The number of unbranched alkanes of at least 4 members (excludes halogenated alkanes) is 13. The first-order valence-electron chi connectivity index (χ1n) is 9.95. The van der Waals surface area contributed by atoms with Gasteiger partial charge in [0.05, 0.1) is 0 Å². The van der Waals surface area contributed by atoms with E-state index in [0.29, 0.717) is 0 Å². The van der Waals surface area contributed by atoms with E-state index in [1.54, 1.807) is 0 Å². The summed E-state index contributed by atoms with van der Waals surface area (Å²) < 4.78 is 0. The minimum Gasteiger partial charge on any atom is -0.153 e. The van der Waals surface area contributed by atoms with E-state index in [4.69, 9.17) is 0 Å². The number of alkyl halides is 1. The fourth-order valence-corrected chi connectivity index (χ4v) is 3.60. The van der Waals surface area contributed by atoms with E-state index >= 15 is 0 Å². The molecule has 2 heteroatoms. The smallest absolute Gasteiger partial charge is 0.0145 e. The molecule has 0 aliphatic rings. The summed E-state index contributed by atoms with van der Waals surface area (Å²) in [6, 6.07) is 0. The Morgan fingerprint density at radius 1 is 0.500 bits per heavy atom. The van der Waals surface area contributed by atoms with E-state index in [-0.39, 0.29) is 9.90 Å². The van der Waals surface area contributed by atoms with Gasteiger partial charge in [-0.2, -0.15) is 9.90 Å². The maximum Gasteiger partial charge on any atom is 0.0145 e. The second-order valence-electron chi connectivity index (χ2n) is 6.77. The lowest BCUT2D eigenvalue weighted by Gasteiger charge is -2.08. The Bertz CT molecular complexity index is 185. The topological polar surface area (TPSA) is 0 Å². The molecule has 0 aromatic heterocycles. The second kappa shape index (κ2) is 21.9. The van der Waals surface area contributed by atoms with Crippen LogP contribution in [0.4, 0.5) is 0 Å². The molecule has 2 unspecified atom stereocenters. The van der Waals surface area contributed by atoms with Crippen molar-refractivity contribution in [1.29, 1.82) is 0 Å². The lowest BCUT2D eigenvalue weighted by molar-refractivity contribution is 0.530. The first-order valence-corrected chi connectivity index (χ1v) is 10.9. The van der Waals surface area contributed by atoms with Gasteiger partial charge in [0, 0.05) is 4.83 Å². The number of hydrogen-bond acceptors (Lipinski definition) is 0. The highest BCUT2D eigenvalue weighted by Gasteiger charge is 2.02. The molecule has 0 bridgehead atoms. The lowest BCUT2D eigenvalue weighted by atomic mass is 10.0. The maximum atomic E-state index is 3.81. The van der Waals surface area contributed by atoms with Crippen molar-refractivity contribution >= 4 is 25.8 Å². The van der Waals surface area contributed by atoms with E-state index in [1.807, 2.05) is 0 Å². The minimum absolute atomic E-state index is 0. The summed E-state index contributed by atoms with van der Waals surface area (Å²) in [6.45, 7) is 4.58. The van der Waals surface area contributed by atoms with Crippen LogP contribution in [0.15, 0.2) is 0 Å². The van der Waals surface area contributed by atoms with Gasteiger partial charge in [0.1, 0.15) is 0 Å². The standard InChI is InChI=1S/C20H41Br.H3P/c1-3-5-7-8-9-10-11-12-13-14-15-16-17-19-20(21)18-6-4-2;/h20H,3-19H2,1-2H3;1H3. The van der Waals surface area contributed by atoms with Gasteiger partial charge in [0.15, 0.2) is 0 Å². The molecule has 0 heterocycles. The zero-order valence-electron chi connectivity index (χ0n) is 15.7. The van der Waals surface area contributed by atoms with E-state index in [9.17, 15) is 0 Å². The van der Waals surface area contributed by atoms with E-state index in [0.717, 1.165) is 4.83 Å². The zero-order valence-corrected chi connectivity index (χ0v) is 18.7. The molecule has 0 saturated carbocycles. The van der Waals surface area contributed by atoms with Crippen LogP contribution in [0.1, 0.15) is 123 Å². The molecule has 0 radical (unpaired) electrons. The first kappa shape index (κ1) is 25.2. The Morgan fingerprint density at radius 2 is 0.818 bits per heavy atom. The molecule has 0 aliphatic carbocycles. The van der Waals surface area contributed by atoms with Gasteiger partial charge in [-0.05, 0) is 12.8 Å². The van der Waals surface area contributed by atoms with Crippen LogP contribution in [0.2, 0.25) is 0 Å². The van der Waals surface area contributed by atoms with Gasteiger partial charge < -0.3 is 0 Å². The molecule has 0 fully saturated rings. The summed E-state index contributed by atoms with van der Waals surface area (Å²) >= 11 is 3.81. The quantitative estimate of drug-likeness (QED) is 0.132. The Hall–Kier alpha value is 0.910. The van der Waals surface area contributed by atoms with Gasteiger partial charge in [-0.25, -0.2) is 0 Å². The van der Waals surface area contributed by atoms with Crippen LogP contribution in [0.25, 0.3) is 0 Å².